The van der Waals surface area contributed by atoms with E-state index in [9.17, 15) is 8.78 Å². The lowest BCUT2D eigenvalue weighted by molar-refractivity contribution is 0.278. The highest BCUT2D eigenvalue weighted by atomic mass is 19.2. The Morgan fingerprint density at radius 1 is 1.41 bits per heavy atom. The molecule has 0 heterocycles. The number of nitriles is 1. The number of nitrogens with zero attached hydrogens (tertiary/aromatic N) is 1. The van der Waals surface area contributed by atoms with Crippen LogP contribution in [0.1, 0.15) is 25.3 Å². The Kier molecular flexibility index (Phi) is 4.85. The Morgan fingerprint density at radius 2 is 2.12 bits per heavy atom. The number of hydrogen-bond donors (Lipinski definition) is 2. The number of rotatable bonds is 5. The molecule has 0 bridgehead atoms. The van der Waals surface area contributed by atoms with Crippen LogP contribution in [0.2, 0.25) is 0 Å². The third-order valence-corrected chi connectivity index (χ3v) is 2.53. The smallest absolute Gasteiger partial charge is 0.183 e. The normalized spacial score (nSPS) is 11.9. The van der Waals surface area contributed by atoms with Gasteiger partial charge in [-0.2, -0.15) is 5.26 Å². The third-order valence-electron chi connectivity index (χ3n) is 2.53. The summed E-state index contributed by atoms with van der Waals surface area (Å²) < 4.78 is 26.9. The number of hydrogen-bond acceptors (Lipinski definition) is 3. The molecule has 1 unspecified atom stereocenters. The summed E-state index contributed by atoms with van der Waals surface area (Å²) in [6, 6.07) is 4.01. The van der Waals surface area contributed by atoms with E-state index in [2.05, 4.69) is 5.32 Å². The van der Waals surface area contributed by atoms with Crippen LogP contribution in [0.15, 0.2) is 12.1 Å². The molecular weight excluding hydrogens is 226 g/mol. The topological polar surface area (TPSA) is 56.0 Å². The zero-order valence-corrected chi connectivity index (χ0v) is 9.50. The first-order chi connectivity index (χ1) is 8.13. The minimum absolute atomic E-state index is 0.0156. The van der Waals surface area contributed by atoms with E-state index in [4.69, 9.17) is 10.4 Å². The molecule has 92 valence electrons. The zero-order chi connectivity index (χ0) is 12.8. The number of anilines is 1. The number of halogens is 2. The number of aliphatic hydroxyl groups excluding tert-OH is 1. The van der Waals surface area contributed by atoms with Crippen molar-refractivity contribution in [3.8, 4) is 6.07 Å². The van der Waals surface area contributed by atoms with E-state index in [-0.39, 0.29) is 23.9 Å². The van der Waals surface area contributed by atoms with E-state index < -0.39 is 11.6 Å². The number of nitrogens with one attached hydrogen (secondary N) is 1. The largest absolute Gasteiger partial charge is 0.396 e. The van der Waals surface area contributed by atoms with Crippen molar-refractivity contribution in [1.29, 1.82) is 5.26 Å². The number of benzene rings is 1. The molecular formula is C12H14F2N2O. The lowest BCUT2D eigenvalue weighted by atomic mass is 10.1. The molecule has 1 aromatic carbocycles. The van der Waals surface area contributed by atoms with Crippen molar-refractivity contribution in [2.24, 2.45) is 0 Å². The summed E-state index contributed by atoms with van der Waals surface area (Å²) >= 11 is 0. The third kappa shape index (κ3) is 3.14. The van der Waals surface area contributed by atoms with Gasteiger partial charge in [-0.25, -0.2) is 8.78 Å². The Balaban J connectivity index is 2.93. The predicted octanol–water partition coefficient (Wildman–Crippen LogP) is 2.41. The monoisotopic (exact) mass is 240 g/mol. The summed E-state index contributed by atoms with van der Waals surface area (Å²) in [6.07, 6.45) is 1.14. The van der Waals surface area contributed by atoms with E-state index >= 15 is 0 Å². The molecule has 0 aromatic heterocycles. The molecule has 0 radical (unpaired) electrons. The van der Waals surface area contributed by atoms with Crippen LogP contribution in [-0.2, 0) is 0 Å². The van der Waals surface area contributed by atoms with Crippen LogP contribution in [0.5, 0.6) is 0 Å². The summed E-state index contributed by atoms with van der Waals surface area (Å²) in [5.74, 6) is -2.20. The highest BCUT2D eigenvalue weighted by Crippen LogP contribution is 2.21. The fourth-order valence-corrected chi connectivity index (χ4v) is 1.50. The van der Waals surface area contributed by atoms with Gasteiger partial charge in [-0.1, -0.05) is 6.92 Å². The van der Waals surface area contributed by atoms with Crippen LogP contribution in [-0.4, -0.2) is 17.8 Å². The summed E-state index contributed by atoms with van der Waals surface area (Å²) in [6.45, 7) is 1.86. The summed E-state index contributed by atoms with van der Waals surface area (Å²) in [5.41, 5.74) is -0.301. The van der Waals surface area contributed by atoms with Gasteiger partial charge in [-0.15, -0.1) is 0 Å². The van der Waals surface area contributed by atoms with Crippen molar-refractivity contribution in [1.82, 2.24) is 0 Å². The zero-order valence-electron chi connectivity index (χ0n) is 9.50. The van der Waals surface area contributed by atoms with Crippen LogP contribution >= 0.6 is 0 Å². The van der Waals surface area contributed by atoms with Crippen LogP contribution in [0.3, 0.4) is 0 Å². The average molecular weight is 240 g/mol. The second-order valence-electron chi connectivity index (χ2n) is 3.66. The van der Waals surface area contributed by atoms with Crippen molar-refractivity contribution in [2.45, 2.75) is 25.8 Å². The summed E-state index contributed by atoms with van der Waals surface area (Å²) in [7, 11) is 0. The molecule has 1 atom stereocenters. The molecule has 1 aromatic rings. The average Bonchev–Trinajstić information content (AvgIpc) is 2.34. The van der Waals surface area contributed by atoms with Crippen LogP contribution < -0.4 is 5.32 Å². The van der Waals surface area contributed by atoms with Crippen molar-refractivity contribution < 1.29 is 13.9 Å². The Hall–Kier alpha value is -1.67. The SMILES string of the molecule is CCC(CCO)Nc1ccc(C#N)c(F)c1F. The molecule has 1 rings (SSSR count). The molecule has 2 N–H and O–H groups in total. The summed E-state index contributed by atoms with van der Waals surface area (Å²) in [5, 5.41) is 20.1. The number of aliphatic hydroxyl groups is 1. The molecule has 0 saturated heterocycles. The van der Waals surface area contributed by atoms with Gasteiger partial charge in [-0.3, -0.25) is 0 Å². The maximum atomic E-state index is 13.5. The Bertz CT molecular complexity index is 429. The van der Waals surface area contributed by atoms with Crippen molar-refractivity contribution in [2.75, 3.05) is 11.9 Å². The fraction of sp³-hybridized carbons (Fsp3) is 0.417. The lowest BCUT2D eigenvalue weighted by Crippen LogP contribution is -2.20. The molecule has 3 nitrogen and oxygen atoms in total. The van der Waals surface area contributed by atoms with Crippen molar-refractivity contribution in [3.05, 3.63) is 29.3 Å². The van der Waals surface area contributed by atoms with Gasteiger partial charge in [0.1, 0.15) is 6.07 Å². The maximum Gasteiger partial charge on any atom is 0.183 e. The van der Waals surface area contributed by atoms with E-state index in [1.807, 2.05) is 6.92 Å². The van der Waals surface area contributed by atoms with Crippen LogP contribution in [0.25, 0.3) is 0 Å². The fourth-order valence-electron chi connectivity index (χ4n) is 1.50. The highest BCUT2D eigenvalue weighted by Gasteiger charge is 2.15. The minimum atomic E-state index is -1.14. The first-order valence-corrected chi connectivity index (χ1v) is 5.39. The summed E-state index contributed by atoms with van der Waals surface area (Å²) in [4.78, 5) is 0. The Labute approximate surface area is 98.7 Å². The minimum Gasteiger partial charge on any atom is -0.396 e. The second-order valence-corrected chi connectivity index (χ2v) is 3.66. The molecule has 0 aliphatic carbocycles. The standard InChI is InChI=1S/C12H14F2N2O/c1-2-9(5-6-17)16-10-4-3-8(7-15)11(13)12(10)14/h3-4,9,16-17H,2,5-6H2,1H3. The molecule has 0 amide bonds. The van der Waals surface area contributed by atoms with Gasteiger partial charge in [0.25, 0.3) is 0 Å². The van der Waals surface area contributed by atoms with Gasteiger partial charge >= 0.3 is 0 Å². The molecule has 0 aliphatic rings. The Morgan fingerprint density at radius 3 is 2.65 bits per heavy atom. The van der Waals surface area contributed by atoms with Gasteiger partial charge in [0.15, 0.2) is 11.6 Å². The van der Waals surface area contributed by atoms with Gasteiger partial charge < -0.3 is 10.4 Å². The molecule has 17 heavy (non-hydrogen) atoms. The van der Waals surface area contributed by atoms with Gasteiger partial charge in [0.05, 0.1) is 11.3 Å². The molecule has 5 heteroatoms. The van der Waals surface area contributed by atoms with Gasteiger partial charge in [-0.05, 0) is 25.0 Å². The lowest BCUT2D eigenvalue weighted by Gasteiger charge is -2.17. The quantitative estimate of drug-likeness (QED) is 0.831. The van der Waals surface area contributed by atoms with E-state index in [1.165, 1.54) is 12.1 Å². The predicted molar refractivity (Wildman–Crippen MR) is 60.5 cm³/mol. The van der Waals surface area contributed by atoms with Crippen LogP contribution in [0, 0.1) is 23.0 Å². The van der Waals surface area contributed by atoms with E-state index in [0.29, 0.717) is 12.8 Å². The van der Waals surface area contributed by atoms with E-state index in [0.717, 1.165) is 0 Å². The molecule has 0 spiro atoms. The second kappa shape index (κ2) is 6.16. The highest BCUT2D eigenvalue weighted by molar-refractivity contribution is 5.50. The molecule has 0 fully saturated rings. The molecule has 0 saturated carbocycles. The van der Waals surface area contributed by atoms with Gasteiger partial charge in [0.2, 0.25) is 0 Å². The first kappa shape index (κ1) is 13.4. The van der Waals surface area contributed by atoms with Crippen molar-refractivity contribution >= 4 is 5.69 Å². The van der Waals surface area contributed by atoms with Crippen LogP contribution in [0.4, 0.5) is 14.5 Å². The molecule has 0 aliphatic heterocycles. The van der Waals surface area contributed by atoms with Crippen molar-refractivity contribution in [3.63, 3.8) is 0 Å². The maximum absolute atomic E-state index is 13.5. The van der Waals surface area contributed by atoms with E-state index in [1.54, 1.807) is 6.07 Å². The van der Waals surface area contributed by atoms with Gasteiger partial charge in [0, 0.05) is 12.6 Å². The first-order valence-electron chi connectivity index (χ1n) is 5.39.